The molecule has 94 valence electrons. The van der Waals surface area contributed by atoms with E-state index in [1.807, 2.05) is 0 Å². The summed E-state index contributed by atoms with van der Waals surface area (Å²) in [5.74, 6) is -0.489. The first-order valence-electron chi connectivity index (χ1n) is 5.24. The Bertz CT molecular complexity index is 420. The molecule has 0 unspecified atom stereocenters. The number of aliphatic hydroxyl groups excluding tert-OH is 1. The Morgan fingerprint density at radius 1 is 1.53 bits per heavy atom. The minimum atomic E-state index is -1.28. The molecule has 0 aliphatic heterocycles. The van der Waals surface area contributed by atoms with Crippen molar-refractivity contribution in [3.8, 4) is 5.75 Å². The Morgan fingerprint density at radius 2 is 2.18 bits per heavy atom. The molecule has 1 atom stereocenters. The molecule has 0 aliphatic carbocycles. The van der Waals surface area contributed by atoms with Crippen LogP contribution in [0.4, 0.5) is 4.39 Å². The highest BCUT2D eigenvalue weighted by Gasteiger charge is 2.20. The third kappa shape index (κ3) is 2.94. The molecule has 1 aromatic rings. The first-order chi connectivity index (χ1) is 8.01. The Labute approximate surface area is 99.5 Å². The van der Waals surface area contributed by atoms with Crippen LogP contribution >= 0.6 is 0 Å². The SMILES string of the molecule is CCOC(=N)[C@@H](O)c1cc(OC)cc(F)c1C. The molecule has 1 aromatic carbocycles. The monoisotopic (exact) mass is 241 g/mol. The Morgan fingerprint density at radius 3 is 2.71 bits per heavy atom. The highest BCUT2D eigenvalue weighted by molar-refractivity contribution is 5.79. The summed E-state index contributed by atoms with van der Waals surface area (Å²) in [5.41, 5.74) is 0.558. The van der Waals surface area contributed by atoms with Crippen LogP contribution in [-0.4, -0.2) is 24.7 Å². The fourth-order valence-corrected chi connectivity index (χ4v) is 1.45. The molecule has 17 heavy (non-hydrogen) atoms. The molecule has 4 nitrogen and oxygen atoms in total. The number of nitrogens with one attached hydrogen (secondary N) is 1. The lowest BCUT2D eigenvalue weighted by Gasteiger charge is -2.16. The van der Waals surface area contributed by atoms with Crippen LogP contribution in [0.1, 0.15) is 24.2 Å². The van der Waals surface area contributed by atoms with Gasteiger partial charge in [-0.25, -0.2) is 4.39 Å². The number of ether oxygens (including phenoxy) is 2. The minimum absolute atomic E-state index is 0.278. The molecular weight excluding hydrogens is 225 g/mol. The molecule has 1 rings (SSSR count). The predicted octanol–water partition coefficient (Wildman–Crippen LogP) is 2.19. The quantitative estimate of drug-likeness (QED) is 0.627. The van der Waals surface area contributed by atoms with E-state index < -0.39 is 11.9 Å². The topological polar surface area (TPSA) is 62.5 Å². The van der Waals surface area contributed by atoms with E-state index in [4.69, 9.17) is 14.9 Å². The van der Waals surface area contributed by atoms with Gasteiger partial charge in [0.2, 0.25) is 5.90 Å². The maximum absolute atomic E-state index is 13.5. The van der Waals surface area contributed by atoms with Crippen LogP contribution in [0.5, 0.6) is 5.75 Å². The fourth-order valence-electron chi connectivity index (χ4n) is 1.45. The van der Waals surface area contributed by atoms with Gasteiger partial charge in [0.25, 0.3) is 0 Å². The maximum Gasteiger partial charge on any atom is 0.214 e. The first-order valence-corrected chi connectivity index (χ1v) is 5.24. The summed E-state index contributed by atoms with van der Waals surface area (Å²) in [6.45, 7) is 3.52. The van der Waals surface area contributed by atoms with Gasteiger partial charge in [0, 0.05) is 6.07 Å². The van der Waals surface area contributed by atoms with Gasteiger partial charge in [-0.1, -0.05) is 0 Å². The number of rotatable bonds is 4. The smallest absolute Gasteiger partial charge is 0.214 e. The molecule has 0 bridgehead atoms. The second kappa shape index (κ2) is 5.63. The number of hydrogen-bond donors (Lipinski definition) is 2. The number of methoxy groups -OCH3 is 1. The van der Waals surface area contributed by atoms with Crippen molar-refractivity contribution in [2.45, 2.75) is 20.0 Å². The van der Waals surface area contributed by atoms with E-state index in [1.165, 1.54) is 26.2 Å². The van der Waals surface area contributed by atoms with Crippen LogP contribution in [-0.2, 0) is 4.74 Å². The lowest BCUT2D eigenvalue weighted by Crippen LogP contribution is -2.16. The first kappa shape index (κ1) is 13.4. The number of halogens is 1. The van der Waals surface area contributed by atoms with Gasteiger partial charge in [0.15, 0.2) is 6.10 Å². The van der Waals surface area contributed by atoms with Gasteiger partial charge in [0.05, 0.1) is 13.7 Å². The Kier molecular flexibility index (Phi) is 4.45. The van der Waals surface area contributed by atoms with Crippen molar-refractivity contribution in [2.24, 2.45) is 0 Å². The molecule has 2 N–H and O–H groups in total. The summed E-state index contributed by atoms with van der Waals surface area (Å²) in [4.78, 5) is 0. The van der Waals surface area contributed by atoms with Gasteiger partial charge in [0.1, 0.15) is 11.6 Å². The summed E-state index contributed by atoms with van der Waals surface area (Å²) in [6, 6.07) is 2.73. The highest BCUT2D eigenvalue weighted by atomic mass is 19.1. The standard InChI is InChI=1S/C12H16FNO3/c1-4-17-12(14)11(15)9-5-8(16-3)6-10(13)7(9)2/h5-6,11,14-15H,4H2,1-3H3/t11-/m0/s1. The molecule has 0 amide bonds. The molecule has 0 radical (unpaired) electrons. The predicted molar refractivity (Wildman–Crippen MR) is 62.0 cm³/mol. The molecule has 0 aliphatic rings. The minimum Gasteiger partial charge on any atom is -0.497 e. The van der Waals surface area contributed by atoms with Crippen LogP contribution in [0.3, 0.4) is 0 Å². The number of benzene rings is 1. The van der Waals surface area contributed by atoms with Crippen molar-refractivity contribution in [1.82, 2.24) is 0 Å². The Hall–Kier alpha value is -1.62. The van der Waals surface area contributed by atoms with Crippen molar-refractivity contribution in [3.05, 3.63) is 29.1 Å². The zero-order chi connectivity index (χ0) is 13.0. The lowest BCUT2D eigenvalue weighted by atomic mass is 10.0. The van der Waals surface area contributed by atoms with Gasteiger partial charge < -0.3 is 14.6 Å². The summed E-state index contributed by atoms with van der Waals surface area (Å²) < 4.78 is 23.3. The third-order valence-corrected chi connectivity index (χ3v) is 2.44. The van der Waals surface area contributed by atoms with Crippen molar-refractivity contribution in [2.75, 3.05) is 13.7 Å². The second-order valence-corrected chi connectivity index (χ2v) is 3.52. The van der Waals surface area contributed by atoms with Crippen LogP contribution in [0.15, 0.2) is 12.1 Å². The van der Waals surface area contributed by atoms with Crippen molar-refractivity contribution < 1.29 is 19.0 Å². The van der Waals surface area contributed by atoms with E-state index in [2.05, 4.69) is 0 Å². The summed E-state index contributed by atoms with van der Waals surface area (Å²) in [7, 11) is 1.41. The number of aliphatic hydroxyl groups is 1. The molecule has 0 aromatic heterocycles. The average Bonchev–Trinajstić information content (AvgIpc) is 2.31. The molecule has 5 heteroatoms. The summed E-state index contributed by atoms with van der Waals surface area (Å²) in [6.07, 6.45) is -1.28. The normalized spacial score (nSPS) is 12.1. The maximum atomic E-state index is 13.5. The van der Waals surface area contributed by atoms with Crippen LogP contribution in [0, 0.1) is 18.2 Å². The van der Waals surface area contributed by atoms with Crippen LogP contribution in [0.2, 0.25) is 0 Å². The molecular formula is C12H16FNO3. The van der Waals surface area contributed by atoms with Crippen molar-refractivity contribution in [3.63, 3.8) is 0 Å². The van der Waals surface area contributed by atoms with Gasteiger partial charge in [-0.05, 0) is 31.0 Å². The van der Waals surface area contributed by atoms with Crippen LogP contribution < -0.4 is 4.74 Å². The summed E-state index contributed by atoms with van der Waals surface area (Å²) >= 11 is 0. The Balaban J connectivity index is 3.11. The van der Waals surface area contributed by atoms with Crippen LogP contribution in [0.25, 0.3) is 0 Å². The zero-order valence-corrected chi connectivity index (χ0v) is 10.1. The van der Waals surface area contributed by atoms with E-state index in [9.17, 15) is 9.50 Å². The van der Waals surface area contributed by atoms with E-state index in [1.54, 1.807) is 6.92 Å². The fraction of sp³-hybridized carbons (Fsp3) is 0.417. The third-order valence-electron chi connectivity index (χ3n) is 2.44. The van der Waals surface area contributed by atoms with Gasteiger partial charge >= 0.3 is 0 Å². The summed E-state index contributed by atoms with van der Waals surface area (Å²) in [5, 5.41) is 17.4. The highest BCUT2D eigenvalue weighted by Crippen LogP contribution is 2.26. The van der Waals surface area contributed by atoms with E-state index >= 15 is 0 Å². The van der Waals surface area contributed by atoms with E-state index in [0.29, 0.717) is 5.75 Å². The second-order valence-electron chi connectivity index (χ2n) is 3.52. The number of hydrogen-bond acceptors (Lipinski definition) is 4. The van der Waals surface area contributed by atoms with E-state index in [-0.39, 0.29) is 23.6 Å². The van der Waals surface area contributed by atoms with Gasteiger partial charge in [-0.3, -0.25) is 5.41 Å². The molecule has 0 spiro atoms. The molecule has 0 heterocycles. The molecule has 0 saturated heterocycles. The van der Waals surface area contributed by atoms with Crippen molar-refractivity contribution >= 4 is 5.90 Å². The molecule has 0 saturated carbocycles. The molecule has 0 fully saturated rings. The van der Waals surface area contributed by atoms with E-state index in [0.717, 1.165) is 0 Å². The van der Waals surface area contributed by atoms with Gasteiger partial charge in [-0.15, -0.1) is 0 Å². The van der Waals surface area contributed by atoms with Gasteiger partial charge in [-0.2, -0.15) is 0 Å². The largest absolute Gasteiger partial charge is 0.497 e. The average molecular weight is 241 g/mol. The zero-order valence-electron chi connectivity index (χ0n) is 10.1. The van der Waals surface area contributed by atoms with Crippen molar-refractivity contribution in [1.29, 1.82) is 5.41 Å². The lowest BCUT2D eigenvalue weighted by molar-refractivity contribution is 0.189.